The molecule has 0 aromatic carbocycles. The van der Waals surface area contributed by atoms with E-state index in [1.54, 1.807) is 6.92 Å². The standard InChI is InChI=1S/C10H18O2/c1-9(2)6-4-8(11)10(3,12)5-7(6)9/h6-8,11-12H,4-5H2,1-3H3/t6-,7-,8+,10+/m1/s1. The van der Waals surface area contributed by atoms with Crippen molar-refractivity contribution in [2.45, 2.75) is 45.3 Å². The number of fused-ring (bicyclic) bond motifs is 1. The van der Waals surface area contributed by atoms with E-state index in [2.05, 4.69) is 13.8 Å². The molecule has 0 spiro atoms. The van der Waals surface area contributed by atoms with Crippen molar-refractivity contribution in [3.05, 3.63) is 0 Å². The Kier molecular flexibility index (Phi) is 1.45. The molecule has 0 heterocycles. The molecule has 2 rings (SSSR count). The van der Waals surface area contributed by atoms with Crippen LogP contribution >= 0.6 is 0 Å². The van der Waals surface area contributed by atoms with Crippen LogP contribution in [0.5, 0.6) is 0 Å². The normalized spacial score (nSPS) is 56.2. The molecule has 0 radical (unpaired) electrons. The monoisotopic (exact) mass is 170 g/mol. The van der Waals surface area contributed by atoms with Crippen molar-refractivity contribution in [1.29, 1.82) is 0 Å². The molecule has 2 heteroatoms. The van der Waals surface area contributed by atoms with Crippen LogP contribution in [-0.2, 0) is 0 Å². The molecule has 0 amide bonds. The fourth-order valence-corrected chi connectivity index (χ4v) is 2.81. The van der Waals surface area contributed by atoms with E-state index in [0.29, 0.717) is 17.3 Å². The zero-order valence-corrected chi connectivity index (χ0v) is 8.04. The third-order valence-electron chi connectivity index (χ3n) is 4.12. The number of hydrogen-bond acceptors (Lipinski definition) is 2. The highest BCUT2D eigenvalue weighted by atomic mass is 16.3. The quantitative estimate of drug-likeness (QED) is 0.573. The number of rotatable bonds is 0. The first-order valence-electron chi connectivity index (χ1n) is 4.76. The Balaban J connectivity index is 2.14. The van der Waals surface area contributed by atoms with E-state index < -0.39 is 11.7 Å². The zero-order chi connectivity index (χ0) is 9.15. The first kappa shape index (κ1) is 8.52. The van der Waals surface area contributed by atoms with Gasteiger partial charge in [-0.25, -0.2) is 0 Å². The Morgan fingerprint density at radius 2 is 1.75 bits per heavy atom. The summed E-state index contributed by atoms with van der Waals surface area (Å²) in [7, 11) is 0. The van der Waals surface area contributed by atoms with E-state index in [0.717, 1.165) is 12.8 Å². The summed E-state index contributed by atoms with van der Waals surface area (Å²) in [5, 5.41) is 19.4. The molecule has 2 nitrogen and oxygen atoms in total. The molecular weight excluding hydrogens is 152 g/mol. The van der Waals surface area contributed by atoms with Crippen molar-refractivity contribution in [3.63, 3.8) is 0 Å². The Hall–Kier alpha value is -0.0800. The Labute approximate surface area is 73.6 Å². The molecule has 12 heavy (non-hydrogen) atoms. The molecule has 0 unspecified atom stereocenters. The SMILES string of the molecule is CC1(C)[C@@H]2C[C@H](O)[C@@](C)(O)C[C@H]21. The highest BCUT2D eigenvalue weighted by Crippen LogP contribution is 2.66. The van der Waals surface area contributed by atoms with Crippen molar-refractivity contribution < 1.29 is 10.2 Å². The minimum absolute atomic E-state index is 0.363. The van der Waals surface area contributed by atoms with Crippen LogP contribution in [0.2, 0.25) is 0 Å². The number of hydrogen-bond donors (Lipinski definition) is 2. The van der Waals surface area contributed by atoms with Gasteiger partial charge in [-0.05, 0) is 37.0 Å². The minimum Gasteiger partial charge on any atom is -0.390 e. The zero-order valence-electron chi connectivity index (χ0n) is 8.04. The van der Waals surface area contributed by atoms with Gasteiger partial charge in [-0.2, -0.15) is 0 Å². The molecule has 0 saturated heterocycles. The summed E-state index contributed by atoms with van der Waals surface area (Å²) < 4.78 is 0. The summed E-state index contributed by atoms with van der Waals surface area (Å²) >= 11 is 0. The van der Waals surface area contributed by atoms with Crippen LogP contribution in [0.1, 0.15) is 33.6 Å². The largest absolute Gasteiger partial charge is 0.390 e. The molecule has 4 atom stereocenters. The second kappa shape index (κ2) is 2.05. The van der Waals surface area contributed by atoms with Gasteiger partial charge in [0.15, 0.2) is 0 Å². The maximum absolute atomic E-state index is 9.82. The lowest BCUT2D eigenvalue weighted by Crippen LogP contribution is -2.42. The molecular formula is C10H18O2. The van der Waals surface area contributed by atoms with Gasteiger partial charge < -0.3 is 10.2 Å². The fraction of sp³-hybridized carbons (Fsp3) is 1.00. The highest BCUT2D eigenvalue weighted by Gasteiger charge is 2.63. The van der Waals surface area contributed by atoms with E-state index >= 15 is 0 Å². The molecule has 0 aromatic heterocycles. The van der Waals surface area contributed by atoms with Gasteiger partial charge in [0.2, 0.25) is 0 Å². The predicted molar refractivity (Wildman–Crippen MR) is 46.6 cm³/mol. The van der Waals surface area contributed by atoms with Crippen molar-refractivity contribution in [3.8, 4) is 0 Å². The second-order valence-corrected chi connectivity index (χ2v) is 5.35. The van der Waals surface area contributed by atoms with Gasteiger partial charge >= 0.3 is 0 Å². The van der Waals surface area contributed by atoms with E-state index in [1.807, 2.05) is 0 Å². The van der Waals surface area contributed by atoms with Crippen LogP contribution in [0.15, 0.2) is 0 Å². The number of aliphatic hydroxyl groups excluding tert-OH is 1. The first-order chi connectivity index (χ1) is 5.36. The first-order valence-corrected chi connectivity index (χ1v) is 4.76. The Bertz CT molecular complexity index is 208. The molecule has 2 aliphatic carbocycles. The van der Waals surface area contributed by atoms with Crippen molar-refractivity contribution in [1.82, 2.24) is 0 Å². The smallest absolute Gasteiger partial charge is 0.0880 e. The summed E-state index contributed by atoms with van der Waals surface area (Å²) in [6, 6.07) is 0. The summed E-state index contributed by atoms with van der Waals surface area (Å²) in [6.07, 6.45) is 1.04. The van der Waals surface area contributed by atoms with Crippen molar-refractivity contribution >= 4 is 0 Å². The summed E-state index contributed by atoms with van der Waals surface area (Å²) in [5.74, 6) is 1.28. The molecule has 0 aromatic rings. The lowest BCUT2D eigenvalue weighted by molar-refractivity contribution is -0.0892. The lowest BCUT2D eigenvalue weighted by Gasteiger charge is -2.32. The van der Waals surface area contributed by atoms with Crippen molar-refractivity contribution in [2.24, 2.45) is 17.3 Å². The van der Waals surface area contributed by atoms with Crippen LogP contribution in [0.4, 0.5) is 0 Å². The van der Waals surface area contributed by atoms with E-state index in [9.17, 15) is 10.2 Å². The molecule has 0 aliphatic heterocycles. The van der Waals surface area contributed by atoms with Gasteiger partial charge in [-0.15, -0.1) is 0 Å². The predicted octanol–water partition coefficient (Wildman–Crippen LogP) is 1.16. The molecule has 2 N–H and O–H groups in total. The lowest BCUT2D eigenvalue weighted by atomic mass is 9.84. The minimum atomic E-state index is -0.838. The summed E-state index contributed by atoms with van der Waals surface area (Å²) in [5.41, 5.74) is -0.476. The Morgan fingerprint density at radius 1 is 1.17 bits per heavy atom. The second-order valence-electron chi connectivity index (χ2n) is 5.35. The van der Waals surface area contributed by atoms with Crippen LogP contribution in [-0.4, -0.2) is 21.9 Å². The summed E-state index contributed by atoms with van der Waals surface area (Å²) in [4.78, 5) is 0. The molecule has 2 fully saturated rings. The van der Waals surface area contributed by atoms with Crippen molar-refractivity contribution in [2.75, 3.05) is 0 Å². The maximum Gasteiger partial charge on any atom is 0.0880 e. The van der Waals surface area contributed by atoms with Gasteiger partial charge in [0.25, 0.3) is 0 Å². The van der Waals surface area contributed by atoms with Gasteiger partial charge in [0.1, 0.15) is 0 Å². The number of aliphatic hydroxyl groups is 2. The van der Waals surface area contributed by atoms with E-state index in [1.165, 1.54) is 0 Å². The molecule has 2 saturated carbocycles. The Morgan fingerprint density at radius 3 is 2.25 bits per heavy atom. The maximum atomic E-state index is 9.82. The van der Waals surface area contributed by atoms with Crippen LogP contribution in [0.3, 0.4) is 0 Å². The van der Waals surface area contributed by atoms with Gasteiger partial charge in [0, 0.05) is 0 Å². The van der Waals surface area contributed by atoms with Crippen LogP contribution < -0.4 is 0 Å². The van der Waals surface area contributed by atoms with Crippen LogP contribution in [0, 0.1) is 17.3 Å². The molecule has 2 aliphatic rings. The third-order valence-corrected chi connectivity index (χ3v) is 4.12. The topological polar surface area (TPSA) is 40.5 Å². The average Bonchev–Trinajstić information content (AvgIpc) is 2.37. The van der Waals surface area contributed by atoms with Crippen LogP contribution in [0.25, 0.3) is 0 Å². The molecule has 70 valence electrons. The van der Waals surface area contributed by atoms with Gasteiger partial charge in [0.05, 0.1) is 11.7 Å². The third kappa shape index (κ3) is 0.944. The molecule has 0 bridgehead atoms. The average molecular weight is 170 g/mol. The summed E-state index contributed by atoms with van der Waals surface area (Å²) in [6.45, 7) is 6.22. The van der Waals surface area contributed by atoms with Gasteiger partial charge in [-0.1, -0.05) is 13.8 Å². The fourth-order valence-electron chi connectivity index (χ4n) is 2.81. The van der Waals surface area contributed by atoms with E-state index in [4.69, 9.17) is 0 Å². The van der Waals surface area contributed by atoms with Gasteiger partial charge in [-0.3, -0.25) is 0 Å². The van der Waals surface area contributed by atoms with E-state index in [-0.39, 0.29) is 0 Å². The highest BCUT2D eigenvalue weighted by molar-refractivity contribution is 5.12.